The van der Waals surface area contributed by atoms with Gasteiger partial charge in [-0.25, -0.2) is 4.98 Å². The Morgan fingerprint density at radius 1 is 1.00 bits per heavy atom. The molecule has 0 fully saturated rings. The summed E-state index contributed by atoms with van der Waals surface area (Å²) in [5, 5.41) is 7.72. The van der Waals surface area contributed by atoms with E-state index in [0.717, 1.165) is 26.6 Å². The molecule has 2 atom stereocenters. The predicted octanol–water partition coefficient (Wildman–Crippen LogP) is 4.83. The molecule has 2 heterocycles. The number of carbonyl (C=O) groups excluding carboxylic acids is 2. The van der Waals surface area contributed by atoms with Crippen LogP contribution in [0.4, 0.5) is 5.69 Å². The third-order valence-corrected chi connectivity index (χ3v) is 8.50. The van der Waals surface area contributed by atoms with Crippen LogP contribution in [0.2, 0.25) is 0 Å². The molecule has 3 N–H and O–H groups in total. The van der Waals surface area contributed by atoms with Crippen molar-refractivity contribution in [3.63, 3.8) is 0 Å². The van der Waals surface area contributed by atoms with E-state index in [2.05, 4.69) is 5.32 Å². The number of esters is 1. The molecule has 1 amide bonds. The highest BCUT2D eigenvalue weighted by atomic mass is 32.2. The van der Waals surface area contributed by atoms with Crippen molar-refractivity contribution in [3.8, 4) is 9.88 Å². The van der Waals surface area contributed by atoms with E-state index >= 15 is 0 Å². The Morgan fingerprint density at radius 2 is 1.69 bits per heavy atom. The van der Waals surface area contributed by atoms with Crippen LogP contribution in [-0.4, -0.2) is 36.9 Å². The third-order valence-electron chi connectivity index (χ3n) is 5.98. The number of thiophene rings is 1. The molecule has 2 aromatic carbocycles. The van der Waals surface area contributed by atoms with Gasteiger partial charge in [0, 0.05) is 5.38 Å². The number of carbonyl (C=O) groups is 2. The minimum atomic E-state index is -4.40. The normalized spacial score (nSPS) is 12.9. The standard InChI is InChI=1S/C27H27N3O6S3/c1-17-12-13-37-24(17)26-29-23(16-38-26)22(15-19-8-10-20(11-9-19)30-39(33,34)35)28-25(31)21(27(32)36-2)14-18-6-4-3-5-7-18/h3-13,16,21-22,30H,14-15H2,1-2H3,(H,28,31)(H,33,34,35). The van der Waals surface area contributed by atoms with Crippen LogP contribution in [0, 0.1) is 12.8 Å². The Labute approximate surface area is 234 Å². The van der Waals surface area contributed by atoms with Gasteiger partial charge >= 0.3 is 16.3 Å². The fourth-order valence-corrected chi connectivity index (χ4v) is 6.42. The fourth-order valence-electron chi connectivity index (χ4n) is 4.01. The average Bonchev–Trinajstić information content (AvgIpc) is 3.56. The molecule has 0 spiro atoms. The molecule has 0 aliphatic rings. The molecule has 9 nitrogen and oxygen atoms in total. The van der Waals surface area contributed by atoms with E-state index in [1.807, 2.05) is 58.8 Å². The molecule has 0 saturated heterocycles. The third kappa shape index (κ3) is 7.73. The van der Waals surface area contributed by atoms with Crippen molar-refractivity contribution in [2.75, 3.05) is 11.8 Å². The lowest BCUT2D eigenvalue weighted by molar-refractivity contribution is -0.150. The molecule has 0 aliphatic carbocycles. The van der Waals surface area contributed by atoms with Crippen LogP contribution in [-0.2, 0) is 37.5 Å². The molecule has 2 unspecified atom stereocenters. The van der Waals surface area contributed by atoms with Crippen molar-refractivity contribution < 1.29 is 27.3 Å². The maximum Gasteiger partial charge on any atom is 0.357 e. The Hall–Kier alpha value is -3.58. The number of hydrogen-bond acceptors (Lipinski definition) is 8. The number of hydrogen-bond donors (Lipinski definition) is 3. The number of anilines is 1. The number of ether oxygens (including phenoxy) is 1. The number of aromatic nitrogens is 1. The van der Waals surface area contributed by atoms with Crippen molar-refractivity contribution in [1.29, 1.82) is 0 Å². The van der Waals surface area contributed by atoms with Gasteiger partial charge in [0.2, 0.25) is 5.91 Å². The summed E-state index contributed by atoms with van der Waals surface area (Å²) < 4.78 is 38.2. The summed E-state index contributed by atoms with van der Waals surface area (Å²) in [7, 11) is -3.15. The van der Waals surface area contributed by atoms with E-state index in [0.29, 0.717) is 12.1 Å². The van der Waals surface area contributed by atoms with Crippen molar-refractivity contribution >= 4 is 50.5 Å². The van der Waals surface area contributed by atoms with Gasteiger partial charge in [0.05, 0.1) is 29.4 Å². The number of thiazole rings is 1. The molecular weight excluding hydrogens is 559 g/mol. The second-order valence-corrected chi connectivity index (χ2v) is 11.7. The first-order valence-electron chi connectivity index (χ1n) is 11.9. The first-order valence-corrected chi connectivity index (χ1v) is 15.1. The minimum Gasteiger partial charge on any atom is -0.468 e. The molecule has 39 heavy (non-hydrogen) atoms. The van der Waals surface area contributed by atoms with Crippen molar-refractivity contribution in [2.45, 2.75) is 25.8 Å². The summed E-state index contributed by atoms with van der Waals surface area (Å²) in [6, 6.07) is 17.1. The SMILES string of the molecule is COC(=O)C(Cc1ccccc1)C(=O)NC(Cc1ccc(NS(=O)(=O)O)cc1)c1csc(-c2sccc2C)n1. The van der Waals surface area contributed by atoms with Crippen LogP contribution in [0.1, 0.15) is 28.4 Å². The van der Waals surface area contributed by atoms with E-state index in [-0.39, 0.29) is 12.1 Å². The molecule has 0 saturated carbocycles. The summed E-state index contributed by atoms with van der Waals surface area (Å²) in [5.74, 6) is -2.18. The topological polar surface area (TPSA) is 135 Å². The molecule has 0 radical (unpaired) electrons. The molecule has 4 rings (SSSR count). The predicted molar refractivity (Wildman–Crippen MR) is 152 cm³/mol. The van der Waals surface area contributed by atoms with E-state index in [4.69, 9.17) is 14.3 Å². The van der Waals surface area contributed by atoms with Crippen LogP contribution < -0.4 is 10.0 Å². The highest BCUT2D eigenvalue weighted by Crippen LogP contribution is 2.33. The van der Waals surface area contributed by atoms with Gasteiger partial charge in [0.15, 0.2) is 0 Å². The van der Waals surface area contributed by atoms with Crippen LogP contribution in [0.5, 0.6) is 0 Å². The molecule has 0 bridgehead atoms. The minimum absolute atomic E-state index is 0.179. The highest BCUT2D eigenvalue weighted by Gasteiger charge is 2.31. The lowest BCUT2D eigenvalue weighted by atomic mass is 9.97. The van der Waals surface area contributed by atoms with E-state index in [9.17, 15) is 18.0 Å². The second kappa shape index (κ2) is 12.5. The maximum absolute atomic E-state index is 13.5. The smallest absolute Gasteiger partial charge is 0.357 e. The lowest BCUT2D eigenvalue weighted by Crippen LogP contribution is -2.40. The largest absolute Gasteiger partial charge is 0.468 e. The number of rotatable bonds is 11. The van der Waals surface area contributed by atoms with Gasteiger partial charge in [-0.05, 0) is 60.0 Å². The quantitative estimate of drug-likeness (QED) is 0.130. The molecule has 0 aliphatic heterocycles. The van der Waals surface area contributed by atoms with E-state index in [1.54, 1.807) is 23.5 Å². The van der Waals surface area contributed by atoms with Gasteiger partial charge in [-0.1, -0.05) is 42.5 Å². The Morgan fingerprint density at radius 3 is 2.31 bits per heavy atom. The zero-order valence-corrected chi connectivity index (χ0v) is 23.6. The second-order valence-electron chi connectivity index (χ2n) is 8.82. The first-order chi connectivity index (χ1) is 18.6. The Balaban J connectivity index is 1.61. The van der Waals surface area contributed by atoms with Crippen molar-refractivity contribution in [2.24, 2.45) is 5.92 Å². The van der Waals surface area contributed by atoms with Crippen molar-refractivity contribution in [1.82, 2.24) is 10.3 Å². The molecule has 2 aromatic heterocycles. The number of nitrogens with zero attached hydrogens (tertiary/aromatic N) is 1. The number of benzene rings is 2. The molecule has 4 aromatic rings. The molecule has 12 heteroatoms. The van der Waals surface area contributed by atoms with Gasteiger partial charge in [0.1, 0.15) is 10.9 Å². The zero-order chi connectivity index (χ0) is 28.0. The zero-order valence-electron chi connectivity index (χ0n) is 21.2. The van der Waals surface area contributed by atoms with Gasteiger partial charge in [-0.2, -0.15) is 8.42 Å². The number of methoxy groups -OCH3 is 1. The summed E-state index contributed by atoms with van der Waals surface area (Å²) in [6.45, 7) is 2.01. The van der Waals surface area contributed by atoms with Crippen LogP contribution in [0.3, 0.4) is 0 Å². The lowest BCUT2D eigenvalue weighted by Gasteiger charge is -2.21. The van der Waals surface area contributed by atoms with Crippen LogP contribution in [0.25, 0.3) is 9.88 Å². The highest BCUT2D eigenvalue weighted by molar-refractivity contribution is 7.87. The summed E-state index contributed by atoms with van der Waals surface area (Å²) in [5.41, 5.74) is 3.54. The van der Waals surface area contributed by atoms with Gasteiger partial charge < -0.3 is 10.1 Å². The first kappa shape index (κ1) is 28.4. The fraction of sp³-hybridized carbons (Fsp3) is 0.222. The number of amides is 1. The van der Waals surface area contributed by atoms with Gasteiger partial charge in [-0.3, -0.25) is 18.9 Å². The molecule has 204 valence electrons. The summed E-state index contributed by atoms with van der Waals surface area (Å²) in [4.78, 5) is 32.0. The van der Waals surface area contributed by atoms with E-state index < -0.39 is 34.1 Å². The van der Waals surface area contributed by atoms with Crippen LogP contribution >= 0.6 is 22.7 Å². The Bertz CT molecular complexity index is 1530. The number of aryl methyl sites for hydroxylation is 1. The Kier molecular flexibility index (Phi) is 9.12. The van der Waals surface area contributed by atoms with Crippen molar-refractivity contribution in [3.05, 3.63) is 93.8 Å². The maximum atomic E-state index is 13.5. The number of nitrogens with one attached hydrogen (secondary N) is 2. The summed E-state index contributed by atoms with van der Waals surface area (Å²) in [6.07, 6.45) is 0.502. The monoisotopic (exact) mass is 585 g/mol. The molecular formula is C27H27N3O6S3. The van der Waals surface area contributed by atoms with Gasteiger partial charge in [-0.15, -0.1) is 22.7 Å². The van der Waals surface area contributed by atoms with E-state index in [1.165, 1.54) is 30.6 Å². The average molecular weight is 586 g/mol. The van der Waals surface area contributed by atoms with Gasteiger partial charge in [0.25, 0.3) is 0 Å². The van der Waals surface area contributed by atoms with Crippen LogP contribution in [0.15, 0.2) is 71.4 Å². The summed E-state index contributed by atoms with van der Waals surface area (Å²) >= 11 is 3.06.